The van der Waals surface area contributed by atoms with Crippen LogP contribution in [0.25, 0.3) is 0 Å². The Kier molecular flexibility index (Phi) is 2.11. The van der Waals surface area contributed by atoms with Crippen LogP contribution in [0.5, 0.6) is 0 Å². The first-order chi connectivity index (χ1) is 8.09. The van der Waals surface area contributed by atoms with Crippen LogP contribution >= 0.6 is 0 Å². The molecule has 1 aromatic rings. The Bertz CT molecular complexity index is 528. The van der Waals surface area contributed by atoms with Crippen molar-refractivity contribution < 1.29 is 9.31 Å². The molecule has 0 fully saturated rings. The molecule has 1 unspecified atom stereocenters. The van der Waals surface area contributed by atoms with Crippen LogP contribution in [0.2, 0.25) is 0 Å². The highest BCUT2D eigenvalue weighted by Crippen LogP contribution is 2.44. The molecule has 90 valence electrons. The number of hydrogen-bond donors (Lipinski definition) is 1. The molecular formula is C12H13FN2O2. The average Bonchev–Trinajstić information content (AvgIpc) is 2.84. The predicted octanol–water partition coefficient (Wildman–Crippen LogP) is 2.10. The first kappa shape index (κ1) is 10.5. The number of nitro benzene ring substituents is 1. The predicted molar refractivity (Wildman–Crippen MR) is 61.8 cm³/mol. The van der Waals surface area contributed by atoms with Crippen molar-refractivity contribution in [1.82, 2.24) is 0 Å². The molecule has 17 heavy (non-hydrogen) atoms. The molecular weight excluding hydrogens is 223 g/mol. The molecule has 0 heterocycles. The number of anilines is 1. The molecule has 0 bridgehead atoms. The second kappa shape index (κ2) is 3.42. The van der Waals surface area contributed by atoms with Gasteiger partial charge in [0.15, 0.2) is 0 Å². The third kappa shape index (κ3) is 1.34. The van der Waals surface area contributed by atoms with Gasteiger partial charge in [0.05, 0.1) is 4.92 Å². The van der Waals surface area contributed by atoms with E-state index in [1.807, 2.05) is 0 Å². The third-order valence-corrected chi connectivity index (χ3v) is 3.84. The first-order valence-corrected chi connectivity index (χ1v) is 5.83. The fraction of sp³-hybridized carbons (Fsp3) is 0.500. The van der Waals surface area contributed by atoms with Gasteiger partial charge in [-0.05, 0) is 30.4 Å². The fourth-order valence-electron chi connectivity index (χ4n) is 3.16. The monoisotopic (exact) mass is 236 g/mol. The second-order valence-corrected chi connectivity index (χ2v) is 4.79. The number of nitrogens with zero attached hydrogens (tertiary/aromatic N) is 1. The van der Waals surface area contributed by atoms with E-state index in [4.69, 9.17) is 5.73 Å². The first-order valence-electron chi connectivity index (χ1n) is 5.83. The Hall–Kier alpha value is -1.65. The lowest BCUT2D eigenvalue weighted by atomic mass is 9.96. The van der Waals surface area contributed by atoms with Crippen LogP contribution < -0.4 is 5.73 Å². The summed E-state index contributed by atoms with van der Waals surface area (Å²) in [5.74, 6) is 0. The van der Waals surface area contributed by atoms with Gasteiger partial charge in [-0.15, -0.1) is 0 Å². The molecule has 0 saturated heterocycles. The summed E-state index contributed by atoms with van der Waals surface area (Å²) in [6.07, 6.45) is 1.74. The number of halogens is 1. The maximum absolute atomic E-state index is 13.4. The topological polar surface area (TPSA) is 69.2 Å². The second-order valence-electron chi connectivity index (χ2n) is 4.79. The number of nitro groups is 1. The van der Waals surface area contributed by atoms with Crippen LogP contribution in [0.4, 0.5) is 15.8 Å². The van der Waals surface area contributed by atoms with Crippen molar-refractivity contribution in [2.45, 2.75) is 38.3 Å². The van der Waals surface area contributed by atoms with Crippen molar-refractivity contribution >= 4 is 11.4 Å². The quantitative estimate of drug-likeness (QED) is 0.461. The lowest BCUT2D eigenvalue weighted by Gasteiger charge is -2.11. The Morgan fingerprint density at radius 1 is 1.18 bits per heavy atom. The number of nitrogen functional groups attached to an aromatic ring is 1. The maximum atomic E-state index is 13.4. The van der Waals surface area contributed by atoms with Gasteiger partial charge in [0.1, 0.15) is 6.17 Å². The van der Waals surface area contributed by atoms with Gasteiger partial charge < -0.3 is 5.73 Å². The van der Waals surface area contributed by atoms with Crippen LogP contribution in [0.3, 0.4) is 0 Å². The molecule has 5 heteroatoms. The number of alkyl halides is 1. The highest BCUT2D eigenvalue weighted by Gasteiger charge is 2.36. The van der Waals surface area contributed by atoms with E-state index in [1.165, 1.54) is 0 Å². The lowest BCUT2D eigenvalue weighted by Crippen LogP contribution is -2.05. The van der Waals surface area contributed by atoms with Crippen molar-refractivity contribution in [3.8, 4) is 0 Å². The van der Waals surface area contributed by atoms with Crippen LogP contribution in [0, 0.1) is 10.1 Å². The standard InChI is InChI=1S/C12H13FN2O2/c13-6-4-9-10(5-6)12(15(16)17)8-3-1-2-7(8)11(9)14/h6H,1-5,14H2. The van der Waals surface area contributed by atoms with E-state index in [0.717, 1.165) is 24.0 Å². The molecule has 2 aliphatic carbocycles. The Morgan fingerprint density at radius 3 is 2.53 bits per heavy atom. The highest BCUT2D eigenvalue weighted by atomic mass is 19.1. The third-order valence-electron chi connectivity index (χ3n) is 3.84. The Morgan fingerprint density at radius 2 is 1.82 bits per heavy atom. The fourth-order valence-corrected chi connectivity index (χ4v) is 3.16. The van der Waals surface area contributed by atoms with Crippen molar-refractivity contribution in [2.24, 2.45) is 0 Å². The minimum Gasteiger partial charge on any atom is -0.398 e. The van der Waals surface area contributed by atoms with E-state index in [1.54, 1.807) is 0 Å². The van der Waals surface area contributed by atoms with E-state index in [0.29, 0.717) is 23.2 Å². The van der Waals surface area contributed by atoms with Crippen molar-refractivity contribution in [1.29, 1.82) is 0 Å². The van der Waals surface area contributed by atoms with Crippen LogP contribution in [-0.4, -0.2) is 11.1 Å². The van der Waals surface area contributed by atoms with Gasteiger partial charge in [-0.25, -0.2) is 4.39 Å². The summed E-state index contributed by atoms with van der Waals surface area (Å²) in [5.41, 5.74) is 9.65. The van der Waals surface area contributed by atoms with Gasteiger partial charge in [0.2, 0.25) is 0 Å². The summed E-state index contributed by atoms with van der Waals surface area (Å²) in [5, 5.41) is 11.2. The molecule has 3 rings (SSSR count). The van der Waals surface area contributed by atoms with E-state index in [9.17, 15) is 14.5 Å². The van der Waals surface area contributed by atoms with E-state index >= 15 is 0 Å². The summed E-state index contributed by atoms with van der Waals surface area (Å²) in [6.45, 7) is 0. The molecule has 0 amide bonds. The molecule has 2 N–H and O–H groups in total. The maximum Gasteiger partial charge on any atom is 0.276 e. The minimum atomic E-state index is -1.02. The van der Waals surface area contributed by atoms with Crippen molar-refractivity contribution in [3.63, 3.8) is 0 Å². The van der Waals surface area contributed by atoms with Gasteiger partial charge in [0.25, 0.3) is 5.69 Å². The average molecular weight is 236 g/mol. The highest BCUT2D eigenvalue weighted by molar-refractivity contribution is 5.71. The number of benzene rings is 1. The Labute approximate surface area is 97.8 Å². The Balaban J connectivity index is 2.32. The summed E-state index contributed by atoms with van der Waals surface area (Å²) in [6, 6.07) is 0. The molecule has 1 aromatic carbocycles. The zero-order valence-electron chi connectivity index (χ0n) is 9.33. The van der Waals surface area contributed by atoms with Crippen LogP contribution in [0.1, 0.15) is 28.7 Å². The SMILES string of the molecule is Nc1c2c(c([N+](=O)[O-])c3c1CC(F)C3)CCC2. The molecule has 0 radical (unpaired) electrons. The lowest BCUT2D eigenvalue weighted by molar-refractivity contribution is -0.386. The molecule has 1 atom stereocenters. The number of rotatable bonds is 1. The zero-order valence-corrected chi connectivity index (χ0v) is 9.33. The normalized spacial score (nSPS) is 21.4. The van der Waals surface area contributed by atoms with Gasteiger partial charge in [0, 0.05) is 29.7 Å². The summed E-state index contributed by atoms with van der Waals surface area (Å²) in [4.78, 5) is 10.8. The largest absolute Gasteiger partial charge is 0.398 e. The van der Waals surface area contributed by atoms with Gasteiger partial charge in [-0.3, -0.25) is 10.1 Å². The van der Waals surface area contributed by atoms with Gasteiger partial charge in [-0.2, -0.15) is 0 Å². The van der Waals surface area contributed by atoms with Crippen molar-refractivity contribution in [2.75, 3.05) is 5.73 Å². The summed E-state index contributed by atoms with van der Waals surface area (Å²) < 4.78 is 13.4. The molecule has 0 aliphatic heterocycles. The van der Waals surface area contributed by atoms with Gasteiger partial charge >= 0.3 is 0 Å². The van der Waals surface area contributed by atoms with Crippen molar-refractivity contribution in [3.05, 3.63) is 32.4 Å². The molecule has 0 saturated carbocycles. The molecule has 0 spiro atoms. The van der Waals surface area contributed by atoms with Crippen LogP contribution in [0.15, 0.2) is 0 Å². The molecule has 2 aliphatic rings. The van der Waals surface area contributed by atoms with E-state index < -0.39 is 6.17 Å². The summed E-state index contributed by atoms with van der Waals surface area (Å²) in [7, 11) is 0. The molecule has 0 aromatic heterocycles. The zero-order chi connectivity index (χ0) is 12.2. The van der Waals surface area contributed by atoms with Gasteiger partial charge in [-0.1, -0.05) is 0 Å². The molecule has 4 nitrogen and oxygen atoms in total. The minimum absolute atomic E-state index is 0.141. The number of hydrogen-bond acceptors (Lipinski definition) is 3. The van der Waals surface area contributed by atoms with E-state index in [-0.39, 0.29) is 23.5 Å². The number of nitrogens with two attached hydrogens (primary N) is 1. The van der Waals surface area contributed by atoms with Crippen LogP contribution in [-0.2, 0) is 25.7 Å². The summed E-state index contributed by atoms with van der Waals surface area (Å²) >= 11 is 0. The smallest absolute Gasteiger partial charge is 0.276 e. The number of fused-ring (bicyclic) bond motifs is 2. The van der Waals surface area contributed by atoms with E-state index in [2.05, 4.69) is 0 Å².